The van der Waals surface area contributed by atoms with Gasteiger partial charge in [-0.3, -0.25) is 4.79 Å². The molecule has 0 radical (unpaired) electrons. The van der Waals surface area contributed by atoms with E-state index in [4.69, 9.17) is 0 Å². The van der Waals surface area contributed by atoms with Gasteiger partial charge in [0.1, 0.15) is 5.00 Å². The Bertz CT molecular complexity index is 507. The third-order valence-corrected chi connectivity index (χ3v) is 3.33. The van der Waals surface area contributed by atoms with Crippen molar-refractivity contribution in [3.63, 3.8) is 0 Å². The van der Waals surface area contributed by atoms with Crippen LogP contribution in [0.1, 0.15) is 20.9 Å². The van der Waals surface area contributed by atoms with Crippen molar-refractivity contribution in [1.82, 2.24) is 4.57 Å². The molecular weight excluding hydrogens is 182 g/mol. The molecule has 3 heteroatoms. The van der Waals surface area contributed by atoms with E-state index in [1.54, 1.807) is 11.3 Å². The molecular formula is C10H7NOS. The summed E-state index contributed by atoms with van der Waals surface area (Å²) in [6.45, 7) is 2.03. The van der Waals surface area contributed by atoms with Crippen molar-refractivity contribution in [2.75, 3.05) is 0 Å². The third kappa shape index (κ3) is 0.748. The zero-order valence-corrected chi connectivity index (χ0v) is 7.89. The third-order valence-electron chi connectivity index (χ3n) is 2.28. The number of carbonyl (C=O) groups excluding carboxylic acids is 1. The number of aromatic nitrogens is 1. The molecule has 0 N–H and O–H groups in total. The Morgan fingerprint density at radius 1 is 1.46 bits per heavy atom. The number of thiophene rings is 1. The molecule has 64 valence electrons. The van der Waals surface area contributed by atoms with Crippen LogP contribution in [-0.4, -0.2) is 10.4 Å². The number of hydrogen-bond donors (Lipinski definition) is 0. The van der Waals surface area contributed by atoms with Crippen molar-refractivity contribution in [3.05, 3.63) is 40.5 Å². The summed E-state index contributed by atoms with van der Waals surface area (Å²) in [4.78, 5) is 12.9. The van der Waals surface area contributed by atoms with E-state index in [0.717, 1.165) is 16.3 Å². The zero-order valence-electron chi connectivity index (χ0n) is 7.07. The Morgan fingerprint density at radius 2 is 2.31 bits per heavy atom. The molecule has 1 aliphatic heterocycles. The molecule has 3 rings (SSSR count). The number of fused-ring (bicyclic) bond motifs is 3. The van der Waals surface area contributed by atoms with Crippen molar-refractivity contribution in [2.45, 2.75) is 6.92 Å². The van der Waals surface area contributed by atoms with Crippen LogP contribution in [0.2, 0.25) is 0 Å². The van der Waals surface area contributed by atoms with Gasteiger partial charge in [0.25, 0.3) is 0 Å². The van der Waals surface area contributed by atoms with E-state index < -0.39 is 0 Å². The molecule has 2 aromatic heterocycles. The summed E-state index contributed by atoms with van der Waals surface area (Å²) in [7, 11) is 0. The summed E-state index contributed by atoms with van der Waals surface area (Å²) >= 11 is 1.67. The van der Waals surface area contributed by atoms with Gasteiger partial charge >= 0.3 is 0 Å². The molecule has 0 saturated heterocycles. The van der Waals surface area contributed by atoms with Gasteiger partial charge in [0, 0.05) is 11.1 Å². The number of aryl methyl sites for hydroxylation is 1. The summed E-state index contributed by atoms with van der Waals surface area (Å²) in [5.41, 5.74) is 1.65. The smallest absolute Gasteiger partial charge is 0.212 e. The van der Waals surface area contributed by atoms with Crippen LogP contribution >= 0.6 is 11.3 Å². The van der Waals surface area contributed by atoms with Crippen molar-refractivity contribution >= 4 is 17.1 Å². The Morgan fingerprint density at radius 3 is 3.15 bits per heavy atom. The first-order valence-electron chi connectivity index (χ1n) is 4.10. The molecule has 0 aromatic carbocycles. The highest BCUT2D eigenvalue weighted by Gasteiger charge is 2.27. The fraction of sp³-hybridized carbons (Fsp3) is 0.100. The summed E-state index contributed by atoms with van der Waals surface area (Å²) in [5.74, 6) is 0.157. The molecule has 2 aromatic rings. The number of hydrogen-bond acceptors (Lipinski definition) is 2. The van der Waals surface area contributed by atoms with E-state index in [-0.39, 0.29) is 5.78 Å². The van der Waals surface area contributed by atoms with Crippen LogP contribution < -0.4 is 0 Å². The summed E-state index contributed by atoms with van der Waals surface area (Å²) in [6, 6.07) is 5.74. The monoisotopic (exact) mass is 189 g/mol. The number of rotatable bonds is 0. The van der Waals surface area contributed by atoms with Gasteiger partial charge in [-0.15, -0.1) is 11.3 Å². The Balaban J connectivity index is 2.41. The first-order chi connectivity index (χ1) is 6.27. The van der Waals surface area contributed by atoms with Gasteiger partial charge in [-0.05, 0) is 25.1 Å². The second-order valence-electron chi connectivity index (χ2n) is 3.17. The van der Waals surface area contributed by atoms with Gasteiger partial charge in [0.15, 0.2) is 0 Å². The van der Waals surface area contributed by atoms with Gasteiger partial charge in [-0.25, -0.2) is 0 Å². The molecule has 0 saturated carbocycles. The molecule has 3 heterocycles. The van der Waals surface area contributed by atoms with E-state index >= 15 is 0 Å². The lowest BCUT2D eigenvalue weighted by Gasteiger charge is -1.93. The molecule has 0 atom stereocenters. The van der Waals surface area contributed by atoms with Gasteiger partial charge in [0.05, 0.1) is 11.3 Å². The maximum atomic E-state index is 11.7. The van der Waals surface area contributed by atoms with Crippen molar-refractivity contribution in [2.24, 2.45) is 0 Å². The first-order valence-corrected chi connectivity index (χ1v) is 4.92. The zero-order chi connectivity index (χ0) is 9.00. The number of carbonyl (C=O) groups is 1. The maximum Gasteiger partial charge on any atom is 0.212 e. The van der Waals surface area contributed by atoms with Gasteiger partial charge < -0.3 is 4.57 Å². The lowest BCUT2D eigenvalue weighted by atomic mass is 10.2. The minimum Gasteiger partial charge on any atom is -0.304 e. The second kappa shape index (κ2) is 2.12. The number of nitrogens with zero attached hydrogens (tertiary/aromatic N) is 1. The quantitative estimate of drug-likeness (QED) is 0.532. The predicted octanol–water partition coefficient (Wildman–Crippen LogP) is 2.39. The predicted molar refractivity (Wildman–Crippen MR) is 51.8 cm³/mol. The molecule has 0 fully saturated rings. The van der Waals surface area contributed by atoms with Crippen LogP contribution in [0.3, 0.4) is 0 Å². The lowest BCUT2D eigenvalue weighted by Crippen LogP contribution is -1.94. The van der Waals surface area contributed by atoms with Crippen LogP contribution in [0.5, 0.6) is 0 Å². The minimum absolute atomic E-state index is 0.157. The van der Waals surface area contributed by atoms with E-state index in [2.05, 4.69) is 0 Å². The summed E-state index contributed by atoms with van der Waals surface area (Å²) in [6.07, 6.45) is 1.94. The van der Waals surface area contributed by atoms with E-state index in [0.29, 0.717) is 0 Å². The van der Waals surface area contributed by atoms with Crippen molar-refractivity contribution < 1.29 is 4.79 Å². The average molecular weight is 189 g/mol. The summed E-state index contributed by atoms with van der Waals surface area (Å²) in [5, 5.41) is 1.07. The van der Waals surface area contributed by atoms with Gasteiger partial charge in [-0.2, -0.15) is 0 Å². The molecule has 13 heavy (non-hydrogen) atoms. The largest absolute Gasteiger partial charge is 0.304 e. The molecule has 0 amide bonds. The molecule has 0 spiro atoms. The standard InChI is InChI=1S/C10H7NOS/c1-6-5-7-9(12)8-3-2-4-11(8)10(7)13-6/h2-5H,1H3. The van der Waals surface area contributed by atoms with Crippen LogP contribution in [0, 0.1) is 6.92 Å². The molecule has 0 bridgehead atoms. The fourth-order valence-corrected chi connectivity index (χ4v) is 2.73. The molecule has 0 unspecified atom stereocenters. The van der Waals surface area contributed by atoms with E-state index in [1.165, 1.54) is 4.88 Å². The van der Waals surface area contributed by atoms with Crippen LogP contribution in [0.4, 0.5) is 0 Å². The number of ketones is 1. The summed E-state index contributed by atoms with van der Waals surface area (Å²) < 4.78 is 1.97. The maximum absolute atomic E-state index is 11.7. The van der Waals surface area contributed by atoms with E-state index in [9.17, 15) is 4.79 Å². The van der Waals surface area contributed by atoms with Crippen molar-refractivity contribution in [3.8, 4) is 5.00 Å². The molecule has 2 nitrogen and oxygen atoms in total. The average Bonchev–Trinajstić information content (AvgIpc) is 2.70. The van der Waals surface area contributed by atoms with Crippen LogP contribution in [0.15, 0.2) is 24.4 Å². The van der Waals surface area contributed by atoms with Gasteiger partial charge in [-0.1, -0.05) is 0 Å². The topological polar surface area (TPSA) is 22.0 Å². The van der Waals surface area contributed by atoms with Gasteiger partial charge in [0.2, 0.25) is 5.78 Å². The highest BCUT2D eigenvalue weighted by atomic mass is 32.1. The van der Waals surface area contributed by atoms with Crippen LogP contribution in [-0.2, 0) is 0 Å². The highest BCUT2D eigenvalue weighted by molar-refractivity contribution is 7.15. The van der Waals surface area contributed by atoms with Crippen LogP contribution in [0.25, 0.3) is 5.00 Å². The molecule has 1 aliphatic rings. The fourth-order valence-electron chi connectivity index (χ4n) is 1.72. The van der Waals surface area contributed by atoms with E-state index in [1.807, 2.05) is 35.9 Å². The normalized spacial score (nSPS) is 13.2. The first kappa shape index (κ1) is 7.09. The second-order valence-corrected chi connectivity index (χ2v) is 4.40. The SMILES string of the molecule is Cc1cc2c(s1)-n1cccc1C2=O. The molecule has 0 aliphatic carbocycles. The highest BCUT2D eigenvalue weighted by Crippen LogP contribution is 2.34. The van der Waals surface area contributed by atoms with Crippen molar-refractivity contribution in [1.29, 1.82) is 0 Å². The lowest BCUT2D eigenvalue weighted by molar-refractivity contribution is 0.104. The minimum atomic E-state index is 0.157. The Hall–Kier alpha value is -1.35. The Labute approximate surface area is 79.4 Å². The Kier molecular flexibility index (Phi) is 1.15.